The van der Waals surface area contributed by atoms with Gasteiger partial charge in [-0.3, -0.25) is 9.59 Å². The molecule has 0 radical (unpaired) electrons. The van der Waals surface area contributed by atoms with Crippen LogP contribution in [-0.2, 0) is 16.1 Å². The van der Waals surface area contributed by atoms with Gasteiger partial charge in [0.25, 0.3) is 0 Å². The van der Waals surface area contributed by atoms with Gasteiger partial charge in [-0.15, -0.1) is 0 Å². The zero-order valence-electron chi connectivity index (χ0n) is 14.5. The van der Waals surface area contributed by atoms with E-state index in [1.807, 2.05) is 37.3 Å². The number of ether oxygens (including phenoxy) is 1. The minimum atomic E-state index is -0.334. The largest absolute Gasteiger partial charge is 0.494 e. The number of hydrogen-bond acceptors (Lipinski definition) is 4. The summed E-state index contributed by atoms with van der Waals surface area (Å²) in [6, 6.07) is 11.0. The van der Waals surface area contributed by atoms with E-state index in [0.29, 0.717) is 19.7 Å². The molecule has 132 valence electrons. The van der Waals surface area contributed by atoms with Crippen molar-refractivity contribution in [2.75, 3.05) is 25.1 Å². The molecule has 25 heavy (non-hydrogen) atoms. The average Bonchev–Trinajstić information content (AvgIpc) is 3.25. The summed E-state index contributed by atoms with van der Waals surface area (Å²) >= 11 is 0. The highest BCUT2D eigenvalue weighted by Crippen LogP contribution is 2.28. The molecule has 0 spiro atoms. The summed E-state index contributed by atoms with van der Waals surface area (Å²) in [7, 11) is 1.73. The monoisotopic (exact) mass is 342 g/mol. The van der Waals surface area contributed by atoms with Gasteiger partial charge in [0.2, 0.25) is 11.8 Å². The predicted octanol–water partition coefficient (Wildman–Crippen LogP) is 2.69. The summed E-state index contributed by atoms with van der Waals surface area (Å²) in [6.07, 6.45) is 1.81. The lowest BCUT2D eigenvalue weighted by atomic mass is 10.1. The molecule has 1 aliphatic heterocycles. The molecule has 2 amide bonds. The highest BCUT2D eigenvalue weighted by molar-refractivity contribution is 6.00. The molecule has 6 nitrogen and oxygen atoms in total. The second-order valence-electron chi connectivity index (χ2n) is 6.11. The number of amides is 2. The van der Waals surface area contributed by atoms with E-state index in [1.54, 1.807) is 29.2 Å². The molecule has 1 aromatic carbocycles. The molecule has 1 aromatic heterocycles. The van der Waals surface area contributed by atoms with Crippen LogP contribution in [0.2, 0.25) is 0 Å². The maximum atomic E-state index is 12.6. The molecular formula is C19H22N2O4. The van der Waals surface area contributed by atoms with Crippen LogP contribution in [0.4, 0.5) is 5.69 Å². The van der Waals surface area contributed by atoms with Crippen LogP contribution in [0.25, 0.3) is 0 Å². The number of furan rings is 1. The Kier molecular flexibility index (Phi) is 5.07. The highest BCUT2D eigenvalue weighted by atomic mass is 16.5. The minimum Gasteiger partial charge on any atom is -0.494 e. The molecule has 1 saturated heterocycles. The maximum Gasteiger partial charge on any atom is 0.228 e. The lowest BCUT2D eigenvalue weighted by Gasteiger charge is -2.21. The van der Waals surface area contributed by atoms with Gasteiger partial charge in [0, 0.05) is 25.7 Å². The van der Waals surface area contributed by atoms with E-state index in [1.165, 1.54) is 0 Å². The number of hydrogen-bond donors (Lipinski definition) is 0. The van der Waals surface area contributed by atoms with Crippen LogP contribution in [0.1, 0.15) is 19.1 Å². The first-order chi connectivity index (χ1) is 12.1. The molecule has 2 aromatic rings. The van der Waals surface area contributed by atoms with Crippen molar-refractivity contribution in [2.24, 2.45) is 5.92 Å². The summed E-state index contributed by atoms with van der Waals surface area (Å²) in [5.41, 5.74) is 0.789. The van der Waals surface area contributed by atoms with Crippen molar-refractivity contribution in [1.29, 1.82) is 0 Å². The zero-order chi connectivity index (χ0) is 17.8. The van der Waals surface area contributed by atoms with Crippen molar-refractivity contribution < 1.29 is 18.7 Å². The van der Waals surface area contributed by atoms with Gasteiger partial charge in [0.1, 0.15) is 11.5 Å². The van der Waals surface area contributed by atoms with Gasteiger partial charge in [-0.1, -0.05) is 0 Å². The fourth-order valence-corrected chi connectivity index (χ4v) is 3.04. The van der Waals surface area contributed by atoms with Crippen molar-refractivity contribution in [1.82, 2.24) is 4.90 Å². The van der Waals surface area contributed by atoms with E-state index >= 15 is 0 Å². The second-order valence-corrected chi connectivity index (χ2v) is 6.11. The molecule has 1 atom stereocenters. The van der Waals surface area contributed by atoms with Crippen LogP contribution < -0.4 is 9.64 Å². The van der Waals surface area contributed by atoms with Crippen molar-refractivity contribution in [3.63, 3.8) is 0 Å². The Labute approximate surface area is 147 Å². The molecule has 1 fully saturated rings. The fourth-order valence-electron chi connectivity index (χ4n) is 3.04. The van der Waals surface area contributed by atoms with Gasteiger partial charge in [-0.2, -0.15) is 0 Å². The third kappa shape index (κ3) is 3.84. The Morgan fingerprint density at radius 3 is 2.72 bits per heavy atom. The molecule has 0 saturated carbocycles. The lowest BCUT2D eigenvalue weighted by Crippen LogP contribution is -2.34. The summed E-state index contributed by atoms with van der Waals surface area (Å²) < 4.78 is 10.7. The van der Waals surface area contributed by atoms with Crippen LogP contribution >= 0.6 is 0 Å². The second kappa shape index (κ2) is 7.42. The number of carbonyl (C=O) groups excluding carboxylic acids is 2. The van der Waals surface area contributed by atoms with E-state index in [0.717, 1.165) is 17.2 Å². The molecule has 6 heteroatoms. The molecule has 0 aliphatic carbocycles. The minimum absolute atomic E-state index is 0.0334. The maximum absolute atomic E-state index is 12.6. The first-order valence-electron chi connectivity index (χ1n) is 8.39. The van der Waals surface area contributed by atoms with Gasteiger partial charge in [-0.25, -0.2) is 0 Å². The SMILES string of the molecule is CCOc1ccc(N2C[C@H](C(=O)N(C)Cc3ccco3)CC2=O)cc1. The molecule has 0 bridgehead atoms. The lowest BCUT2D eigenvalue weighted by molar-refractivity contribution is -0.135. The van der Waals surface area contributed by atoms with E-state index in [9.17, 15) is 9.59 Å². The third-order valence-corrected chi connectivity index (χ3v) is 4.28. The van der Waals surface area contributed by atoms with Crippen LogP contribution in [0.5, 0.6) is 5.75 Å². The molecule has 2 heterocycles. The van der Waals surface area contributed by atoms with Crippen molar-refractivity contribution in [2.45, 2.75) is 19.9 Å². The van der Waals surface area contributed by atoms with E-state index in [-0.39, 0.29) is 24.2 Å². The molecule has 0 unspecified atom stereocenters. The van der Waals surface area contributed by atoms with Gasteiger partial charge in [-0.05, 0) is 43.3 Å². The normalized spacial score (nSPS) is 17.0. The number of rotatable bonds is 6. The third-order valence-electron chi connectivity index (χ3n) is 4.28. The van der Waals surface area contributed by atoms with Crippen LogP contribution in [-0.4, -0.2) is 36.9 Å². The van der Waals surface area contributed by atoms with E-state index < -0.39 is 0 Å². The zero-order valence-corrected chi connectivity index (χ0v) is 14.5. The Morgan fingerprint density at radius 1 is 1.32 bits per heavy atom. The van der Waals surface area contributed by atoms with Gasteiger partial charge in [0.15, 0.2) is 0 Å². The topological polar surface area (TPSA) is 63.0 Å². The first kappa shape index (κ1) is 17.1. The van der Waals surface area contributed by atoms with E-state index in [4.69, 9.17) is 9.15 Å². The van der Waals surface area contributed by atoms with Crippen molar-refractivity contribution in [3.05, 3.63) is 48.4 Å². The van der Waals surface area contributed by atoms with E-state index in [2.05, 4.69) is 0 Å². The number of anilines is 1. The molecule has 1 aliphatic rings. The number of nitrogens with zero attached hydrogens (tertiary/aromatic N) is 2. The number of carbonyl (C=O) groups is 2. The van der Waals surface area contributed by atoms with Gasteiger partial charge >= 0.3 is 0 Å². The van der Waals surface area contributed by atoms with Crippen LogP contribution in [0.3, 0.4) is 0 Å². The predicted molar refractivity (Wildman–Crippen MR) is 93.3 cm³/mol. The number of benzene rings is 1. The summed E-state index contributed by atoms with van der Waals surface area (Å²) in [4.78, 5) is 28.2. The Hall–Kier alpha value is -2.76. The summed E-state index contributed by atoms with van der Waals surface area (Å²) in [5, 5.41) is 0. The van der Waals surface area contributed by atoms with Gasteiger partial charge in [0.05, 0.1) is 25.3 Å². The first-order valence-corrected chi connectivity index (χ1v) is 8.39. The molecular weight excluding hydrogens is 320 g/mol. The van der Waals surface area contributed by atoms with Crippen molar-refractivity contribution in [3.8, 4) is 5.75 Å². The Morgan fingerprint density at radius 2 is 2.08 bits per heavy atom. The smallest absolute Gasteiger partial charge is 0.228 e. The average molecular weight is 342 g/mol. The summed E-state index contributed by atoms with van der Waals surface area (Å²) in [5.74, 6) is 1.08. The van der Waals surface area contributed by atoms with Crippen molar-refractivity contribution >= 4 is 17.5 Å². The van der Waals surface area contributed by atoms with Crippen LogP contribution in [0.15, 0.2) is 47.1 Å². The highest BCUT2D eigenvalue weighted by Gasteiger charge is 2.36. The van der Waals surface area contributed by atoms with Crippen LogP contribution in [0, 0.1) is 5.92 Å². The standard InChI is InChI=1S/C19H22N2O4/c1-3-24-16-8-6-15(7-9-16)21-12-14(11-18(21)22)19(23)20(2)13-17-5-4-10-25-17/h4-10,14H,3,11-13H2,1-2H3/t14-/m1/s1. The Bertz CT molecular complexity index is 724. The molecule has 0 N–H and O–H groups in total. The fraction of sp³-hybridized carbons (Fsp3) is 0.368. The summed E-state index contributed by atoms with van der Waals surface area (Å²) in [6.45, 7) is 3.32. The Balaban J connectivity index is 1.64. The van der Waals surface area contributed by atoms with Gasteiger partial charge < -0.3 is 19.0 Å². The molecule has 3 rings (SSSR count). The quantitative estimate of drug-likeness (QED) is 0.810.